The lowest BCUT2D eigenvalue weighted by Crippen LogP contribution is -2.64. The molecule has 0 saturated carbocycles. The summed E-state index contributed by atoms with van der Waals surface area (Å²) in [5.41, 5.74) is -0.759. The number of nitrogens with zero attached hydrogens (tertiary/aromatic N) is 2. The highest BCUT2D eigenvalue weighted by Gasteiger charge is 2.67. The van der Waals surface area contributed by atoms with Crippen molar-refractivity contribution >= 4 is 28.8 Å². The van der Waals surface area contributed by atoms with E-state index in [1.54, 1.807) is 43.3 Å². The fraction of sp³-hybridized carbons (Fsp3) is 0.286. The Morgan fingerprint density at radius 3 is 2.43 bits per heavy atom. The summed E-state index contributed by atoms with van der Waals surface area (Å²) in [6.07, 6.45) is -5.11. The summed E-state index contributed by atoms with van der Waals surface area (Å²) in [5.74, 6) is -3.48. The van der Waals surface area contributed by atoms with E-state index in [4.69, 9.17) is 0 Å². The van der Waals surface area contributed by atoms with Gasteiger partial charge in [-0.1, -0.05) is 30.3 Å². The van der Waals surface area contributed by atoms with Crippen molar-refractivity contribution < 1.29 is 22.8 Å². The fourth-order valence-corrected chi connectivity index (χ4v) is 3.67. The van der Waals surface area contributed by atoms with Crippen LogP contribution in [-0.4, -0.2) is 27.5 Å². The Kier molecular flexibility index (Phi) is 4.37. The number of nitrogens with one attached hydrogen (secondary N) is 2. The zero-order valence-electron chi connectivity index (χ0n) is 16.5. The molecule has 1 aliphatic rings. The van der Waals surface area contributed by atoms with Crippen LogP contribution in [0.25, 0.3) is 11.0 Å². The molecule has 1 aliphatic heterocycles. The van der Waals surface area contributed by atoms with Crippen LogP contribution in [0.4, 0.5) is 19.1 Å². The molecule has 2 atom stereocenters. The van der Waals surface area contributed by atoms with E-state index in [-0.39, 0.29) is 11.5 Å². The Hall–Kier alpha value is -3.36. The monoisotopic (exact) mass is 416 g/mol. The normalized spacial score (nSPS) is 19.5. The Labute approximate surface area is 170 Å². The molecule has 4 rings (SSSR count). The number of hydrogen-bond acceptors (Lipinski definition) is 3. The first-order chi connectivity index (χ1) is 14.1. The van der Waals surface area contributed by atoms with Crippen molar-refractivity contribution in [2.75, 3.05) is 5.32 Å². The van der Waals surface area contributed by atoms with Gasteiger partial charge in [0.05, 0.1) is 17.0 Å². The molecule has 2 amide bonds. The zero-order valence-corrected chi connectivity index (χ0v) is 16.5. The van der Waals surface area contributed by atoms with Gasteiger partial charge in [0.2, 0.25) is 11.9 Å². The minimum absolute atomic E-state index is 0.108. The van der Waals surface area contributed by atoms with E-state index in [1.165, 1.54) is 13.0 Å². The third-order valence-electron chi connectivity index (χ3n) is 5.57. The van der Waals surface area contributed by atoms with Gasteiger partial charge in [0.15, 0.2) is 0 Å². The summed E-state index contributed by atoms with van der Waals surface area (Å²) >= 11 is 0. The summed E-state index contributed by atoms with van der Waals surface area (Å²) in [6.45, 7) is 5.06. The van der Waals surface area contributed by atoms with Crippen molar-refractivity contribution in [3.63, 3.8) is 0 Å². The lowest BCUT2D eigenvalue weighted by Gasteiger charge is -2.33. The van der Waals surface area contributed by atoms with Gasteiger partial charge >= 0.3 is 6.18 Å². The van der Waals surface area contributed by atoms with E-state index >= 15 is 0 Å². The van der Waals surface area contributed by atoms with Crippen LogP contribution in [-0.2, 0) is 15.3 Å². The number of hydrogen-bond donors (Lipinski definition) is 2. The van der Waals surface area contributed by atoms with Gasteiger partial charge in [-0.3, -0.25) is 19.5 Å². The molecule has 3 aromatic rings. The van der Waals surface area contributed by atoms with Crippen molar-refractivity contribution in [1.82, 2.24) is 14.9 Å². The SMILES string of the molecule is Cc1cc2nc3n(c2cc1C)C(NC(=O)[C@@H](C)c1ccccc1)(C(F)(F)F)C(=O)N3. The first-order valence-electron chi connectivity index (χ1n) is 9.31. The zero-order chi connectivity index (χ0) is 21.8. The number of alkyl halides is 3. The number of halogens is 3. The van der Waals surface area contributed by atoms with Gasteiger partial charge in [0.25, 0.3) is 11.6 Å². The van der Waals surface area contributed by atoms with Gasteiger partial charge in [0, 0.05) is 0 Å². The minimum Gasteiger partial charge on any atom is -0.317 e. The summed E-state index contributed by atoms with van der Waals surface area (Å²) in [6, 6.07) is 11.6. The first-order valence-corrected chi connectivity index (χ1v) is 9.31. The largest absolute Gasteiger partial charge is 0.440 e. The number of amides is 2. The second-order valence-corrected chi connectivity index (χ2v) is 7.48. The lowest BCUT2D eigenvalue weighted by atomic mass is 9.98. The average Bonchev–Trinajstić information content (AvgIpc) is 3.15. The first kappa shape index (κ1) is 19.9. The van der Waals surface area contributed by atoms with E-state index in [0.29, 0.717) is 11.1 Å². The van der Waals surface area contributed by atoms with Crippen molar-refractivity contribution in [3.05, 3.63) is 59.2 Å². The van der Waals surface area contributed by atoms with Crippen molar-refractivity contribution in [3.8, 4) is 0 Å². The Morgan fingerprint density at radius 1 is 1.17 bits per heavy atom. The quantitative estimate of drug-likeness (QED) is 0.683. The molecule has 0 aliphatic carbocycles. The number of carbonyl (C=O) groups is 2. The molecule has 2 N–H and O–H groups in total. The second kappa shape index (κ2) is 6.58. The highest BCUT2D eigenvalue weighted by atomic mass is 19.4. The Morgan fingerprint density at radius 2 is 1.80 bits per heavy atom. The van der Waals surface area contributed by atoms with Crippen molar-refractivity contribution in [2.24, 2.45) is 0 Å². The molecule has 2 aromatic carbocycles. The van der Waals surface area contributed by atoms with Gasteiger partial charge < -0.3 is 5.32 Å². The molecule has 0 spiro atoms. The predicted octanol–water partition coefficient (Wildman–Crippen LogP) is 3.74. The van der Waals surface area contributed by atoms with Crippen LogP contribution in [0.3, 0.4) is 0 Å². The Bertz CT molecular complexity index is 1170. The summed E-state index contributed by atoms with van der Waals surface area (Å²) in [5, 5.41) is 4.18. The molecule has 1 aromatic heterocycles. The average molecular weight is 416 g/mol. The molecule has 156 valence electrons. The molecular weight excluding hydrogens is 397 g/mol. The van der Waals surface area contributed by atoms with Gasteiger partial charge in [0.1, 0.15) is 0 Å². The molecule has 9 heteroatoms. The van der Waals surface area contributed by atoms with Crippen molar-refractivity contribution in [1.29, 1.82) is 0 Å². The van der Waals surface area contributed by atoms with Crippen LogP contribution >= 0.6 is 0 Å². The molecule has 0 saturated heterocycles. The van der Waals surface area contributed by atoms with Gasteiger partial charge in [-0.15, -0.1) is 0 Å². The number of anilines is 1. The minimum atomic E-state index is -5.11. The third-order valence-corrected chi connectivity index (χ3v) is 5.57. The van der Waals surface area contributed by atoms with E-state index < -0.39 is 29.6 Å². The van der Waals surface area contributed by atoms with Crippen LogP contribution in [0.2, 0.25) is 0 Å². The molecule has 0 bridgehead atoms. The maximum atomic E-state index is 14.4. The van der Waals surface area contributed by atoms with Crippen LogP contribution in [0, 0.1) is 13.8 Å². The number of aryl methyl sites for hydroxylation is 2. The van der Waals surface area contributed by atoms with E-state index in [9.17, 15) is 22.8 Å². The summed E-state index contributed by atoms with van der Waals surface area (Å²) in [7, 11) is 0. The van der Waals surface area contributed by atoms with E-state index in [0.717, 1.165) is 15.7 Å². The number of carbonyl (C=O) groups excluding carboxylic acids is 2. The molecule has 0 radical (unpaired) electrons. The Balaban J connectivity index is 1.87. The predicted molar refractivity (Wildman–Crippen MR) is 105 cm³/mol. The number of fused-ring (bicyclic) bond motifs is 3. The smallest absolute Gasteiger partial charge is 0.317 e. The van der Waals surface area contributed by atoms with E-state index in [1.807, 2.05) is 12.2 Å². The topological polar surface area (TPSA) is 76.0 Å². The molecule has 6 nitrogen and oxygen atoms in total. The summed E-state index contributed by atoms with van der Waals surface area (Å²) in [4.78, 5) is 29.6. The lowest BCUT2D eigenvalue weighted by molar-refractivity contribution is -0.217. The highest BCUT2D eigenvalue weighted by molar-refractivity contribution is 6.05. The number of aromatic nitrogens is 2. The standard InChI is InChI=1S/C21H19F3N4O2/c1-11-9-15-16(10-12(11)2)28-19(25-15)26-18(30)20(28,21(22,23)24)27-17(29)13(3)14-7-5-4-6-8-14/h4-10,13H,1-3H3,(H,27,29)(H,25,26,30)/t13-,20?/m0/s1. The van der Waals surface area contributed by atoms with Gasteiger partial charge in [-0.25, -0.2) is 4.98 Å². The molecule has 30 heavy (non-hydrogen) atoms. The number of benzene rings is 2. The number of imidazole rings is 1. The third kappa shape index (κ3) is 2.76. The molecule has 0 fully saturated rings. The maximum Gasteiger partial charge on any atom is 0.440 e. The maximum absolute atomic E-state index is 14.4. The van der Waals surface area contributed by atoms with E-state index in [2.05, 4.69) is 10.3 Å². The molecule has 2 heterocycles. The van der Waals surface area contributed by atoms with Crippen molar-refractivity contribution in [2.45, 2.75) is 38.5 Å². The van der Waals surface area contributed by atoms with Crippen LogP contribution < -0.4 is 10.6 Å². The van der Waals surface area contributed by atoms with Gasteiger partial charge in [-0.05, 0) is 49.6 Å². The highest BCUT2D eigenvalue weighted by Crippen LogP contribution is 2.44. The van der Waals surface area contributed by atoms with Crippen LogP contribution in [0.15, 0.2) is 42.5 Å². The van der Waals surface area contributed by atoms with Gasteiger partial charge in [-0.2, -0.15) is 13.2 Å². The summed E-state index contributed by atoms with van der Waals surface area (Å²) < 4.78 is 44.0. The second-order valence-electron chi connectivity index (χ2n) is 7.48. The number of rotatable bonds is 3. The molecular formula is C21H19F3N4O2. The van der Waals surface area contributed by atoms with Crippen LogP contribution in [0.5, 0.6) is 0 Å². The van der Waals surface area contributed by atoms with Crippen LogP contribution in [0.1, 0.15) is 29.5 Å². The fourth-order valence-electron chi connectivity index (χ4n) is 3.67. The molecule has 1 unspecified atom stereocenters.